The van der Waals surface area contributed by atoms with Crippen molar-refractivity contribution >= 4 is 45.4 Å². The SMILES string of the molecule is CC(C)N1CCN(c2ccc(-c3cncc4ccc(C=C5SC(=O)NC5=O)cc34)cc2F)CC1. The number of aromatic nitrogens is 1. The Kier molecular flexibility index (Phi) is 6.10. The molecule has 6 nitrogen and oxygen atoms in total. The summed E-state index contributed by atoms with van der Waals surface area (Å²) >= 11 is 0.885. The van der Waals surface area contributed by atoms with Gasteiger partial charge in [0.2, 0.25) is 0 Å². The molecule has 34 heavy (non-hydrogen) atoms. The molecule has 2 aliphatic rings. The average molecular weight is 477 g/mol. The van der Waals surface area contributed by atoms with Crippen LogP contribution in [0.15, 0.2) is 53.7 Å². The molecule has 0 aliphatic carbocycles. The molecule has 174 valence electrons. The lowest BCUT2D eigenvalue weighted by Gasteiger charge is -2.38. The number of rotatable bonds is 4. The van der Waals surface area contributed by atoms with Gasteiger partial charge in [0, 0.05) is 55.6 Å². The first kappa shape index (κ1) is 22.6. The van der Waals surface area contributed by atoms with Gasteiger partial charge in [-0.3, -0.25) is 24.8 Å². The van der Waals surface area contributed by atoms with E-state index < -0.39 is 5.91 Å². The highest BCUT2D eigenvalue weighted by atomic mass is 32.2. The first-order valence-corrected chi connectivity index (χ1v) is 12.1. The summed E-state index contributed by atoms with van der Waals surface area (Å²) in [6.45, 7) is 7.82. The lowest BCUT2D eigenvalue weighted by atomic mass is 9.98. The number of thioether (sulfide) groups is 1. The Morgan fingerprint density at radius 2 is 1.85 bits per heavy atom. The van der Waals surface area contributed by atoms with Crippen LogP contribution < -0.4 is 10.2 Å². The third kappa shape index (κ3) is 4.43. The molecule has 1 aromatic heterocycles. The van der Waals surface area contributed by atoms with E-state index in [4.69, 9.17) is 0 Å². The van der Waals surface area contributed by atoms with Crippen molar-refractivity contribution in [3.8, 4) is 11.1 Å². The number of piperazine rings is 1. The van der Waals surface area contributed by atoms with E-state index in [9.17, 15) is 9.59 Å². The number of nitrogens with one attached hydrogen (secondary N) is 1. The topological polar surface area (TPSA) is 65.5 Å². The third-order valence-electron chi connectivity index (χ3n) is 6.37. The summed E-state index contributed by atoms with van der Waals surface area (Å²) in [6, 6.07) is 11.6. The summed E-state index contributed by atoms with van der Waals surface area (Å²) < 4.78 is 15.2. The molecule has 0 bridgehead atoms. The minimum absolute atomic E-state index is 0.247. The molecule has 3 heterocycles. The molecule has 2 amide bonds. The number of amides is 2. The number of pyridine rings is 1. The smallest absolute Gasteiger partial charge is 0.290 e. The summed E-state index contributed by atoms with van der Waals surface area (Å²) in [4.78, 5) is 32.6. The number of hydrogen-bond donors (Lipinski definition) is 1. The minimum Gasteiger partial charge on any atom is -0.367 e. The second kappa shape index (κ2) is 9.19. The highest BCUT2D eigenvalue weighted by molar-refractivity contribution is 8.18. The van der Waals surface area contributed by atoms with E-state index >= 15 is 4.39 Å². The molecule has 5 rings (SSSR count). The Labute approximate surface area is 201 Å². The molecule has 0 atom stereocenters. The van der Waals surface area contributed by atoms with Gasteiger partial charge in [0.25, 0.3) is 11.1 Å². The summed E-state index contributed by atoms with van der Waals surface area (Å²) in [6.07, 6.45) is 5.18. The highest BCUT2D eigenvalue weighted by Gasteiger charge is 2.25. The van der Waals surface area contributed by atoms with Crippen LogP contribution in [0.25, 0.3) is 28.0 Å². The van der Waals surface area contributed by atoms with Crippen LogP contribution in [0.1, 0.15) is 19.4 Å². The van der Waals surface area contributed by atoms with Gasteiger partial charge in [-0.15, -0.1) is 0 Å². The van der Waals surface area contributed by atoms with Gasteiger partial charge in [-0.1, -0.05) is 18.2 Å². The standard InChI is InChI=1S/C26H25FN4O2S/c1-16(2)30-7-9-31(10-8-30)23-6-5-18(13-22(23)27)21-15-28-14-19-4-3-17(11-20(19)21)12-24-25(32)29-26(33)34-24/h3-6,11-16H,7-10H2,1-2H3,(H,29,32,33). The number of anilines is 1. The van der Waals surface area contributed by atoms with Crippen LogP contribution in [0, 0.1) is 5.82 Å². The van der Waals surface area contributed by atoms with Crippen LogP contribution in [-0.2, 0) is 4.79 Å². The van der Waals surface area contributed by atoms with Gasteiger partial charge >= 0.3 is 0 Å². The van der Waals surface area contributed by atoms with Gasteiger partial charge in [0.05, 0.1) is 10.6 Å². The normalized spacial score (nSPS) is 18.4. The van der Waals surface area contributed by atoms with Gasteiger partial charge in [-0.25, -0.2) is 4.39 Å². The van der Waals surface area contributed by atoms with Crippen molar-refractivity contribution in [2.45, 2.75) is 19.9 Å². The lowest BCUT2D eigenvalue weighted by Crippen LogP contribution is -2.49. The lowest BCUT2D eigenvalue weighted by molar-refractivity contribution is -0.115. The van der Waals surface area contributed by atoms with Crippen molar-refractivity contribution in [2.75, 3.05) is 31.1 Å². The summed E-state index contributed by atoms with van der Waals surface area (Å²) in [5, 5.41) is 3.70. The number of nitrogens with zero attached hydrogens (tertiary/aromatic N) is 3. The van der Waals surface area contributed by atoms with Crippen molar-refractivity contribution < 1.29 is 14.0 Å². The zero-order valence-corrected chi connectivity index (χ0v) is 19.9. The molecular formula is C26H25FN4O2S. The van der Waals surface area contributed by atoms with Gasteiger partial charge in [0.1, 0.15) is 5.82 Å². The number of carbonyl (C=O) groups excluding carboxylic acids is 2. The summed E-state index contributed by atoms with van der Waals surface area (Å²) in [7, 11) is 0. The van der Waals surface area contributed by atoms with E-state index in [0.717, 1.165) is 65.4 Å². The van der Waals surface area contributed by atoms with Crippen molar-refractivity contribution in [2.24, 2.45) is 0 Å². The van der Waals surface area contributed by atoms with Gasteiger partial charge in [-0.2, -0.15) is 0 Å². The number of imide groups is 1. The van der Waals surface area contributed by atoms with Crippen LogP contribution in [-0.4, -0.2) is 53.3 Å². The second-order valence-corrected chi connectivity index (χ2v) is 9.82. The predicted octanol–water partition coefficient (Wildman–Crippen LogP) is 4.90. The molecule has 0 radical (unpaired) electrons. The summed E-state index contributed by atoms with van der Waals surface area (Å²) in [5.74, 6) is -0.639. The number of hydrogen-bond acceptors (Lipinski definition) is 6. The van der Waals surface area contributed by atoms with Crippen molar-refractivity contribution in [3.05, 3.63) is 65.1 Å². The maximum Gasteiger partial charge on any atom is 0.290 e. The molecule has 3 aromatic rings. The Balaban J connectivity index is 1.46. The molecule has 0 unspecified atom stereocenters. The maximum absolute atomic E-state index is 15.2. The number of benzene rings is 2. The maximum atomic E-state index is 15.2. The fourth-order valence-electron chi connectivity index (χ4n) is 4.48. The molecule has 2 fully saturated rings. The van der Waals surface area contributed by atoms with Gasteiger partial charge in [-0.05, 0) is 66.4 Å². The quantitative estimate of drug-likeness (QED) is 0.541. The second-order valence-electron chi connectivity index (χ2n) is 8.80. The third-order valence-corrected chi connectivity index (χ3v) is 7.18. The van der Waals surface area contributed by atoms with E-state index in [1.54, 1.807) is 24.5 Å². The first-order valence-electron chi connectivity index (χ1n) is 11.3. The van der Waals surface area contributed by atoms with Crippen LogP contribution in [0.3, 0.4) is 0 Å². The molecule has 2 aliphatic heterocycles. The largest absolute Gasteiger partial charge is 0.367 e. The van der Waals surface area contributed by atoms with Crippen LogP contribution in [0.4, 0.5) is 14.9 Å². The molecule has 2 aromatic carbocycles. The highest BCUT2D eigenvalue weighted by Crippen LogP contribution is 2.33. The van der Waals surface area contributed by atoms with E-state index in [1.165, 1.54) is 0 Å². The number of carbonyl (C=O) groups is 2. The first-order chi connectivity index (χ1) is 16.4. The monoisotopic (exact) mass is 476 g/mol. The van der Waals surface area contributed by atoms with Crippen molar-refractivity contribution in [1.82, 2.24) is 15.2 Å². The predicted molar refractivity (Wildman–Crippen MR) is 135 cm³/mol. The van der Waals surface area contributed by atoms with Crippen molar-refractivity contribution in [1.29, 1.82) is 0 Å². The molecule has 1 N–H and O–H groups in total. The summed E-state index contributed by atoms with van der Waals surface area (Å²) in [5.41, 5.74) is 2.97. The average Bonchev–Trinajstić information content (AvgIpc) is 3.15. The number of halogens is 1. The minimum atomic E-state index is -0.392. The van der Waals surface area contributed by atoms with Crippen molar-refractivity contribution in [3.63, 3.8) is 0 Å². The zero-order valence-electron chi connectivity index (χ0n) is 19.0. The van der Waals surface area contributed by atoms with Crippen LogP contribution >= 0.6 is 11.8 Å². The fraction of sp³-hybridized carbons (Fsp3) is 0.269. The zero-order chi connectivity index (χ0) is 23.8. The Morgan fingerprint density at radius 3 is 2.53 bits per heavy atom. The van der Waals surface area contributed by atoms with Crippen LogP contribution in [0.5, 0.6) is 0 Å². The van der Waals surface area contributed by atoms with E-state index in [1.807, 2.05) is 30.3 Å². The van der Waals surface area contributed by atoms with Gasteiger partial charge in [0.15, 0.2) is 0 Å². The van der Waals surface area contributed by atoms with E-state index in [0.29, 0.717) is 16.6 Å². The Hall–Kier alpha value is -3.23. The molecule has 0 spiro atoms. The Bertz CT molecular complexity index is 1320. The molecular weight excluding hydrogens is 451 g/mol. The fourth-order valence-corrected chi connectivity index (χ4v) is 5.17. The molecule has 2 saturated heterocycles. The Morgan fingerprint density at radius 1 is 1.06 bits per heavy atom. The number of fused-ring (bicyclic) bond motifs is 1. The molecule has 8 heteroatoms. The van der Waals surface area contributed by atoms with E-state index in [2.05, 4.69) is 33.9 Å². The van der Waals surface area contributed by atoms with Gasteiger partial charge < -0.3 is 4.90 Å². The van der Waals surface area contributed by atoms with Crippen LogP contribution in [0.2, 0.25) is 0 Å². The molecule has 0 saturated carbocycles. The van der Waals surface area contributed by atoms with E-state index in [-0.39, 0.29) is 11.1 Å².